The maximum absolute atomic E-state index is 13.4. The molecule has 0 aliphatic heterocycles. The molecule has 1 atom stereocenters. The zero-order valence-corrected chi connectivity index (χ0v) is 10.6. The van der Waals surface area contributed by atoms with Crippen LogP contribution in [-0.4, -0.2) is 30.3 Å². The van der Waals surface area contributed by atoms with Crippen molar-refractivity contribution in [1.82, 2.24) is 5.32 Å². The highest BCUT2D eigenvalue weighted by Crippen LogP contribution is 2.18. The monoisotopic (exact) mass is 255 g/mol. The first kappa shape index (κ1) is 14.4. The van der Waals surface area contributed by atoms with Crippen molar-refractivity contribution in [3.05, 3.63) is 29.6 Å². The molecule has 0 aliphatic rings. The van der Waals surface area contributed by atoms with Gasteiger partial charge in [0.1, 0.15) is 12.6 Å². The number of aryl methyl sites for hydroxylation is 1. The van der Waals surface area contributed by atoms with E-state index in [1.165, 1.54) is 6.07 Å². The van der Waals surface area contributed by atoms with Gasteiger partial charge in [0.05, 0.1) is 0 Å². The minimum absolute atomic E-state index is 0.0829. The zero-order chi connectivity index (χ0) is 13.5. The first-order chi connectivity index (χ1) is 8.54. The fourth-order valence-electron chi connectivity index (χ4n) is 1.43. The molecular weight excluding hydrogens is 237 g/mol. The molecular formula is C13H18FNO3. The highest BCUT2D eigenvalue weighted by Gasteiger charge is 2.17. The van der Waals surface area contributed by atoms with Crippen LogP contribution in [0.4, 0.5) is 4.39 Å². The Bertz CT molecular complexity index is 409. The third kappa shape index (κ3) is 4.33. The van der Waals surface area contributed by atoms with E-state index >= 15 is 0 Å². The van der Waals surface area contributed by atoms with Crippen LogP contribution in [0, 0.1) is 12.7 Å². The number of ether oxygens (including phenoxy) is 1. The number of hydrogen-bond acceptors (Lipinski definition) is 3. The van der Waals surface area contributed by atoms with Crippen molar-refractivity contribution in [2.24, 2.45) is 0 Å². The smallest absolute Gasteiger partial charge is 0.324 e. The Labute approximate surface area is 106 Å². The first-order valence-electron chi connectivity index (χ1n) is 5.89. The summed E-state index contributed by atoms with van der Waals surface area (Å²) in [5, 5.41) is 11.8. The van der Waals surface area contributed by atoms with E-state index < -0.39 is 17.8 Å². The summed E-state index contributed by atoms with van der Waals surface area (Å²) in [6.07, 6.45) is 0.822. The Kier molecular flexibility index (Phi) is 5.58. The third-order valence-corrected chi connectivity index (χ3v) is 2.43. The molecule has 0 aromatic heterocycles. The Balaban J connectivity index is 2.60. The van der Waals surface area contributed by atoms with Crippen LogP contribution in [0.2, 0.25) is 0 Å². The molecule has 18 heavy (non-hydrogen) atoms. The molecule has 0 fully saturated rings. The fourth-order valence-corrected chi connectivity index (χ4v) is 1.43. The van der Waals surface area contributed by atoms with E-state index in [1.54, 1.807) is 12.1 Å². The summed E-state index contributed by atoms with van der Waals surface area (Å²) in [6.45, 7) is 4.23. The van der Waals surface area contributed by atoms with Gasteiger partial charge in [0.25, 0.3) is 0 Å². The Morgan fingerprint density at radius 2 is 2.28 bits per heavy atom. The summed E-state index contributed by atoms with van der Waals surface area (Å²) in [5.74, 6) is -1.41. The lowest BCUT2D eigenvalue weighted by atomic mass is 10.2. The Morgan fingerprint density at radius 3 is 2.89 bits per heavy atom. The number of hydrogen-bond donors (Lipinski definition) is 2. The van der Waals surface area contributed by atoms with Gasteiger partial charge in [-0.1, -0.05) is 13.0 Å². The zero-order valence-electron chi connectivity index (χ0n) is 10.6. The molecule has 0 amide bonds. The number of rotatable bonds is 7. The van der Waals surface area contributed by atoms with Crippen molar-refractivity contribution in [2.45, 2.75) is 26.3 Å². The molecule has 0 aliphatic carbocycles. The second-order valence-corrected chi connectivity index (χ2v) is 4.09. The highest BCUT2D eigenvalue weighted by atomic mass is 19.1. The van der Waals surface area contributed by atoms with Crippen LogP contribution in [-0.2, 0) is 4.79 Å². The van der Waals surface area contributed by atoms with Gasteiger partial charge in [0, 0.05) is 0 Å². The average molecular weight is 255 g/mol. The number of halogens is 1. The van der Waals surface area contributed by atoms with Crippen LogP contribution in [0.3, 0.4) is 0 Å². The van der Waals surface area contributed by atoms with E-state index in [4.69, 9.17) is 9.84 Å². The van der Waals surface area contributed by atoms with Crippen LogP contribution in [0.5, 0.6) is 5.75 Å². The quantitative estimate of drug-likeness (QED) is 0.782. The van der Waals surface area contributed by atoms with Gasteiger partial charge >= 0.3 is 5.97 Å². The van der Waals surface area contributed by atoms with E-state index in [2.05, 4.69) is 5.32 Å². The van der Waals surface area contributed by atoms with E-state index in [-0.39, 0.29) is 12.4 Å². The SMILES string of the molecule is CCCNC(COc1cc(C)ccc1F)C(=O)O. The molecule has 4 nitrogen and oxygen atoms in total. The molecule has 2 N–H and O–H groups in total. The topological polar surface area (TPSA) is 58.6 Å². The fraction of sp³-hybridized carbons (Fsp3) is 0.462. The van der Waals surface area contributed by atoms with Gasteiger partial charge in [-0.2, -0.15) is 0 Å². The first-order valence-corrected chi connectivity index (χ1v) is 5.89. The number of carboxylic acid groups (broad SMARTS) is 1. The Hall–Kier alpha value is -1.62. The standard InChI is InChI=1S/C13H18FNO3/c1-3-6-15-11(13(16)17)8-18-12-7-9(2)4-5-10(12)14/h4-5,7,11,15H,3,6,8H2,1-2H3,(H,16,17). The summed E-state index contributed by atoms with van der Waals surface area (Å²) in [6, 6.07) is 3.66. The molecule has 0 heterocycles. The molecule has 1 aromatic rings. The summed E-state index contributed by atoms with van der Waals surface area (Å²) in [7, 11) is 0. The van der Waals surface area contributed by atoms with Gasteiger partial charge in [-0.15, -0.1) is 0 Å². The van der Waals surface area contributed by atoms with E-state index in [9.17, 15) is 9.18 Å². The molecule has 1 unspecified atom stereocenters. The Morgan fingerprint density at radius 1 is 1.56 bits per heavy atom. The normalized spacial score (nSPS) is 12.2. The van der Waals surface area contributed by atoms with Crippen molar-refractivity contribution in [3.63, 3.8) is 0 Å². The largest absolute Gasteiger partial charge is 0.488 e. The number of benzene rings is 1. The predicted octanol–water partition coefficient (Wildman–Crippen LogP) is 1.97. The van der Waals surface area contributed by atoms with Crippen LogP contribution >= 0.6 is 0 Å². The van der Waals surface area contributed by atoms with Crippen molar-refractivity contribution in [1.29, 1.82) is 0 Å². The van der Waals surface area contributed by atoms with Gasteiger partial charge in [0.2, 0.25) is 0 Å². The summed E-state index contributed by atoms with van der Waals surface area (Å²) in [4.78, 5) is 10.9. The van der Waals surface area contributed by atoms with Gasteiger partial charge < -0.3 is 15.2 Å². The number of nitrogens with one attached hydrogen (secondary N) is 1. The van der Waals surface area contributed by atoms with Crippen LogP contribution < -0.4 is 10.1 Å². The van der Waals surface area contributed by atoms with E-state index in [0.29, 0.717) is 6.54 Å². The minimum atomic E-state index is -1.00. The molecule has 0 saturated heterocycles. The molecule has 1 aromatic carbocycles. The summed E-state index contributed by atoms with van der Waals surface area (Å²) >= 11 is 0. The second kappa shape index (κ2) is 6.96. The van der Waals surface area contributed by atoms with Gasteiger partial charge in [-0.25, -0.2) is 4.39 Å². The summed E-state index contributed by atoms with van der Waals surface area (Å²) < 4.78 is 18.6. The molecule has 1 rings (SSSR count). The molecule has 0 radical (unpaired) electrons. The lowest BCUT2D eigenvalue weighted by molar-refractivity contribution is -0.140. The number of carboxylic acids is 1. The molecule has 0 saturated carbocycles. The van der Waals surface area contributed by atoms with Gasteiger partial charge in [0.15, 0.2) is 11.6 Å². The lowest BCUT2D eigenvalue weighted by Gasteiger charge is -2.15. The van der Waals surface area contributed by atoms with Gasteiger partial charge in [-0.05, 0) is 37.6 Å². The van der Waals surface area contributed by atoms with Crippen molar-refractivity contribution in [2.75, 3.05) is 13.2 Å². The van der Waals surface area contributed by atoms with Crippen molar-refractivity contribution in [3.8, 4) is 5.75 Å². The highest BCUT2D eigenvalue weighted by molar-refractivity contribution is 5.73. The van der Waals surface area contributed by atoms with Crippen LogP contribution in [0.1, 0.15) is 18.9 Å². The van der Waals surface area contributed by atoms with Crippen LogP contribution in [0.15, 0.2) is 18.2 Å². The number of aliphatic carboxylic acids is 1. The lowest BCUT2D eigenvalue weighted by Crippen LogP contribution is -2.41. The summed E-state index contributed by atoms with van der Waals surface area (Å²) in [5.41, 5.74) is 0.861. The maximum Gasteiger partial charge on any atom is 0.324 e. The maximum atomic E-state index is 13.4. The van der Waals surface area contributed by atoms with Gasteiger partial charge in [-0.3, -0.25) is 4.79 Å². The average Bonchev–Trinajstić information content (AvgIpc) is 2.33. The minimum Gasteiger partial charge on any atom is -0.488 e. The third-order valence-electron chi connectivity index (χ3n) is 2.43. The van der Waals surface area contributed by atoms with E-state index in [1.807, 2.05) is 13.8 Å². The molecule has 0 spiro atoms. The van der Waals surface area contributed by atoms with E-state index in [0.717, 1.165) is 12.0 Å². The molecule has 100 valence electrons. The predicted molar refractivity (Wildman–Crippen MR) is 66.3 cm³/mol. The second-order valence-electron chi connectivity index (χ2n) is 4.09. The van der Waals surface area contributed by atoms with Crippen molar-refractivity contribution < 1.29 is 19.0 Å². The van der Waals surface area contributed by atoms with Crippen molar-refractivity contribution >= 4 is 5.97 Å². The molecule has 5 heteroatoms. The molecule has 0 bridgehead atoms. The van der Waals surface area contributed by atoms with Crippen LogP contribution in [0.25, 0.3) is 0 Å². The number of carbonyl (C=O) groups is 1.